The lowest BCUT2D eigenvalue weighted by Crippen LogP contribution is -2.33. The summed E-state index contributed by atoms with van der Waals surface area (Å²) in [6.45, 7) is 0. The Morgan fingerprint density at radius 1 is 1.33 bits per heavy atom. The number of nitrogens with zero attached hydrogens (tertiary/aromatic N) is 2. The molecule has 2 atom stereocenters. The fraction of sp³-hybridized carbons (Fsp3) is 0.286. The Morgan fingerprint density at radius 3 is 3.06 bits per heavy atom. The monoisotopic (exact) mass is 239 g/mol. The molecule has 0 spiro atoms. The van der Waals surface area contributed by atoms with Crippen LogP contribution in [0, 0.1) is 0 Å². The van der Waals surface area contributed by atoms with Gasteiger partial charge in [-0.05, 0) is 12.0 Å². The minimum absolute atomic E-state index is 0.158. The van der Waals surface area contributed by atoms with E-state index in [1.165, 1.54) is 11.1 Å². The van der Waals surface area contributed by atoms with Crippen molar-refractivity contribution in [2.75, 3.05) is 0 Å². The van der Waals surface area contributed by atoms with Crippen molar-refractivity contribution >= 4 is 5.91 Å². The smallest absolute Gasteiger partial charge is 0.220 e. The molecule has 4 rings (SSSR count). The minimum atomic E-state index is 0.158. The van der Waals surface area contributed by atoms with Gasteiger partial charge in [-0.15, -0.1) is 0 Å². The van der Waals surface area contributed by atoms with Crippen LogP contribution in [0.25, 0.3) is 11.3 Å². The van der Waals surface area contributed by atoms with Gasteiger partial charge in [0, 0.05) is 12.0 Å². The van der Waals surface area contributed by atoms with E-state index in [0.717, 1.165) is 12.1 Å². The van der Waals surface area contributed by atoms with Crippen molar-refractivity contribution < 1.29 is 4.79 Å². The summed E-state index contributed by atoms with van der Waals surface area (Å²) >= 11 is 0. The second-order valence-electron chi connectivity index (χ2n) is 4.93. The van der Waals surface area contributed by atoms with Gasteiger partial charge < -0.3 is 9.88 Å². The first-order chi connectivity index (χ1) is 8.84. The van der Waals surface area contributed by atoms with Crippen LogP contribution in [0.1, 0.15) is 24.4 Å². The van der Waals surface area contributed by atoms with Crippen molar-refractivity contribution in [1.82, 2.24) is 14.9 Å². The molecule has 1 aromatic heterocycles. The van der Waals surface area contributed by atoms with E-state index in [4.69, 9.17) is 0 Å². The standard InChI is InChI=1S/C14H13N3O/c18-13-6-5-11(16-13)14-10-4-2-1-3-9(10)12-7-15-8-17(12)14/h1-4,7-8,11,14H,5-6H2,(H,16,18). The maximum atomic E-state index is 11.4. The lowest BCUT2D eigenvalue weighted by atomic mass is 9.97. The van der Waals surface area contributed by atoms with Crippen molar-refractivity contribution in [2.45, 2.75) is 24.9 Å². The summed E-state index contributed by atoms with van der Waals surface area (Å²) in [6, 6.07) is 8.77. The first-order valence-electron chi connectivity index (χ1n) is 6.25. The van der Waals surface area contributed by atoms with Crippen LogP contribution in [0.15, 0.2) is 36.8 Å². The van der Waals surface area contributed by atoms with Crippen LogP contribution in [0.2, 0.25) is 0 Å². The van der Waals surface area contributed by atoms with Gasteiger partial charge in [0.05, 0.1) is 30.3 Å². The number of amides is 1. The van der Waals surface area contributed by atoms with Crippen LogP contribution < -0.4 is 5.32 Å². The lowest BCUT2D eigenvalue weighted by Gasteiger charge is -2.21. The number of benzene rings is 1. The van der Waals surface area contributed by atoms with Gasteiger partial charge in [0.2, 0.25) is 5.91 Å². The molecule has 2 aromatic rings. The van der Waals surface area contributed by atoms with Gasteiger partial charge in [0.25, 0.3) is 0 Å². The highest BCUT2D eigenvalue weighted by molar-refractivity contribution is 5.79. The third-order valence-electron chi connectivity index (χ3n) is 3.93. The average Bonchev–Trinajstić information content (AvgIpc) is 3.04. The number of carbonyl (C=O) groups excluding carboxylic acids is 1. The van der Waals surface area contributed by atoms with E-state index in [2.05, 4.69) is 33.1 Å². The zero-order valence-corrected chi connectivity index (χ0v) is 9.84. The van der Waals surface area contributed by atoms with Crippen molar-refractivity contribution in [3.63, 3.8) is 0 Å². The maximum absolute atomic E-state index is 11.4. The van der Waals surface area contributed by atoms with Crippen LogP contribution in [0.3, 0.4) is 0 Å². The number of carbonyl (C=O) groups is 1. The molecule has 18 heavy (non-hydrogen) atoms. The fourth-order valence-corrected chi connectivity index (χ4v) is 3.16. The van der Waals surface area contributed by atoms with Gasteiger partial charge in [-0.2, -0.15) is 0 Å². The van der Waals surface area contributed by atoms with Crippen molar-refractivity contribution in [3.05, 3.63) is 42.4 Å². The van der Waals surface area contributed by atoms with Crippen molar-refractivity contribution in [3.8, 4) is 11.3 Å². The molecular weight excluding hydrogens is 226 g/mol. The summed E-state index contributed by atoms with van der Waals surface area (Å²) in [4.78, 5) is 15.7. The van der Waals surface area contributed by atoms with Crippen LogP contribution in [0.4, 0.5) is 0 Å². The zero-order valence-electron chi connectivity index (χ0n) is 9.84. The SMILES string of the molecule is O=C1CCC(C2c3ccccc3-c3cncn32)N1. The molecule has 1 N–H and O–H groups in total. The molecule has 0 bridgehead atoms. The lowest BCUT2D eigenvalue weighted by molar-refractivity contribution is -0.119. The number of imidazole rings is 1. The average molecular weight is 239 g/mol. The van der Waals surface area contributed by atoms with Gasteiger partial charge >= 0.3 is 0 Å². The Labute approximate surface area is 105 Å². The normalized spacial score (nSPS) is 24.8. The maximum Gasteiger partial charge on any atom is 0.220 e. The van der Waals surface area contributed by atoms with E-state index in [1.807, 2.05) is 18.6 Å². The number of nitrogens with one attached hydrogen (secondary N) is 1. The Balaban J connectivity index is 1.86. The quantitative estimate of drug-likeness (QED) is 0.823. The third-order valence-corrected chi connectivity index (χ3v) is 3.93. The molecule has 2 aliphatic heterocycles. The van der Waals surface area contributed by atoms with Crippen LogP contribution in [0.5, 0.6) is 0 Å². The summed E-state index contributed by atoms with van der Waals surface area (Å²) in [5, 5.41) is 3.08. The summed E-state index contributed by atoms with van der Waals surface area (Å²) in [5.41, 5.74) is 3.68. The molecule has 0 aliphatic carbocycles. The number of rotatable bonds is 1. The molecular formula is C14H13N3O. The molecule has 3 heterocycles. The van der Waals surface area contributed by atoms with E-state index < -0.39 is 0 Å². The molecule has 0 saturated carbocycles. The van der Waals surface area contributed by atoms with Crippen molar-refractivity contribution in [2.24, 2.45) is 0 Å². The Hall–Kier alpha value is -2.10. The van der Waals surface area contributed by atoms with Gasteiger partial charge in [0.1, 0.15) is 0 Å². The second kappa shape index (κ2) is 3.45. The summed E-state index contributed by atoms with van der Waals surface area (Å²) in [6.07, 6.45) is 5.29. The molecule has 1 saturated heterocycles. The topological polar surface area (TPSA) is 46.9 Å². The fourth-order valence-electron chi connectivity index (χ4n) is 3.16. The van der Waals surface area contributed by atoms with Gasteiger partial charge in [-0.25, -0.2) is 4.98 Å². The number of hydrogen-bond donors (Lipinski definition) is 1. The first-order valence-corrected chi connectivity index (χ1v) is 6.25. The molecule has 1 amide bonds. The zero-order chi connectivity index (χ0) is 12.1. The predicted octanol–water partition coefficient (Wildman–Crippen LogP) is 1.73. The van der Waals surface area contributed by atoms with Gasteiger partial charge in [-0.1, -0.05) is 24.3 Å². The summed E-state index contributed by atoms with van der Waals surface area (Å²) in [5.74, 6) is 0.158. The Morgan fingerprint density at radius 2 is 2.22 bits per heavy atom. The molecule has 4 heteroatoms. The highest BCUT2D eigenvalue weighted by Gasteiger charge is 2.37. The van der Waals surface area contributed by atoms with E-state index in [-0.39, 0.29) is 18.0 Å². The summed E-state index contributed by atoms with van der Waals surface area (Å²) < 4.78 is 2.18. The number of fused-ring (bicyclic) bond motifs is 3. The number of hydrogen-bond acceptors (Lipinski definition) is 2. The summed E-state index contributed by atoms with van der Waals surface area (Å²) in [7, 11) is 0. The molecule has 0 radical (unpaired) electrons. The highest BCUT2D eigenvalue weighted by Crippen LogP contribution is 2.42. The van der Waals surface area contributed by atoms with E-state index in [0.29, 0.717) is 6.42 Å². The van der Waals surface area contributed by atoms with Crippen molar-refractivity contribution in [1.29, 1.82) is 0 Å². The second-order valence-corrected chi connectivity index (χ2v) is 4.93. The van der Waals surface area contributed by atoms with Crippen LogP contribution in [-0.2, 0) is 4.79 Å². The van der Waals surface area contributed by atoms with E-state index in [1.54, 1.807) is 0 Å². The van der Waals surface area contributed by atoms with Gasteiger partial charge in [0.15, 0.2) is 0 Å². The van der Waals surface area contributed by atoms with Crippen LogP contribution >= 0.6 is 0 Å². The predicted molar refractivity (Wildman–Crippen MR) is 67.0 cm³/mol. The molecule has 2 aliphatic rings. The highest BCUT2D eigenvalue weighted by atomic mass is 16.1. The third kappa shape index (κ3) is 1.20. The van der Waals surface area contributed by atoms with E-state index in [9.17, 15) is 4.79 Å². The van der Waals surface area contributed by atoms with E-state index >= 15 is 0 Å². The van der Waals surface area contributed by atoms with Crippen LogP contribution in [-0.4, -0.2) is 21.5 Å². The molecule has 90 valence electrons. The molecule has 1 fully saturated rings. The van der Waals surface area contributed by atoms with Gasteiger partial charge in [-0.3, -0.25) is 4.79 Å². The molecule has 4 nitrogen and oxygen atoms in total. The first kappa shape index (κ1) is 9.88. The largest absolute Gasteiger partial charge is 0.351 e. The molecule has 2 unspecified atom stereocenters. The molecule has 1 aromatic carbocycles. The Bertz CT molecular complexity index is 631. The minimum Gasteiger partial charge on any atom is -0.351 e. The number of aromatic nitrogens is 2. The Kier molecular flexibility index (Phi) is 1.89.